The van der Waals surface area contributed by atoms with E-state index in [1.807, 2.05) is 4.90 Å². The topological polar surface area (TPSA) is 58.6 Å². The summed E-state index contributed by atoms with van der Waals surface area (Å²) in [5.74, 6) is -1.94. The Hall–Kier alpha value is -2.77. The highest BCUT2D eigenvalue weighted by atomic mass is 19.2. The Bertz CT molecular complexity index is 772. The van der Waals surface area contributed by atoms with Crippen molar-refractivity contribution in [1.82, 2.24) is 14.9 Å². The van der Waals surface area contributed by atoms with Gasteiger partial charge in [-0.2, -0.15) is 4.98 Å². The van der Waals surface area contributed by atoms with Gasteiger partial charge in [-0.05, 0) is 24.6 Å². The Balaban J connectivity index is 1.70. The number of rotatable bonds is 3. The first-order chi connectivity index (χ1) is 12.1. The molecule has 0 radical (unpaired) electrons. The number of hydrogen-bond acceptors (Lipinski definition) is 5. The highest BCUT2D eigenvalue weighted by Crippen LogP contribution is 2.20. The van der Waals surface area contributed by atoms with E-state index in [4.69, 9.17) is 4.74 Å². The van der Waals surface area contributed by atoms with Gasteiger partial charge in [0.15, 0.2) is 11.6 Å². The minimum Gasteiger partial charge on any atom is -0.467 e. The van der Waals surface area contributed by atoms with Crippen molar-refractivity contribution >= 4 is 11.6 Å². The molecule has 0 spiro atoms. The maximum Gasteiger partial charge on any atom is 0.316 e. The van der Waals surface area contributed by atoms with Crippen LogP contribution in [-0.4, -0.2) is 54.1 Å². The number of methoxy groups -OCH3 is 1. The van der Waals surface area contributed by atoms with Gasteiger partial charge in [-0.15, -0.1) is 0 Å². The van der Waals surface area contributed by atoms with Crippen molar-refractivity contribution in [3.63, 3.8) is 0 Å². The summed E-state index contributed by atoms with van der Waals surface area (Å²) in [6.07, 6.45) is 2.19. The SMILES string of the molecule is COc1nccc(C(=O)N2CCCN(c3ccc(F)c(F)c3)CC2)n1. The van der Waals surface area contributed by atoms with Crippen LogP contribution in [0, 0.1) is 11.6 Å². The molecule has 6 nitrogen and oxygen atoms in total. The Morgan fingerprint density at radius 1 is 1.12 bits per heavy atom. The molecule has 0 N–H and O–H groups in total. The Kier molecular flexibility index (Phi) is 5.06. The largest absolute Gasteiger partial charge is 0.467 e. The van der Waals surface area contributed by atoms with Crippen molar-refractivity contribution < 1.29 is 18.3 Å². The average Bonchev–Trinajstić information content (AvgIpc) is 2.89. The minimum absolute atomic E-state index is 0.143. The summed E-state index contributed by atoms with van der Waals surface area (Å²) < 4.78 is 31.5. The first-order valence-corrected chi connectivity index (χ1v) is 7.95. The molecule has 1 aliphatic rings. The molecule has 1 amide bonds. The molecule has 3 rings (SSSR count). The van der Waals surface area contributed by atoms with E-state index < -0.39 is 11.6 Å². The van der Waals surface area contributed by atoms with Crippen LogP contribution < -0.4 is 9.64 Å². The van der Waals surface area contributed by atoms with Gasteiger partial charge >= 0.3 is 6.01 Å². The van der Waals surface area contributed by atoms with Crippen LogP contribution in [0.15, 0.2) is 30.5 Å². The molecule has 132 valence electrons. The molecule has 1 aliphatic heterocycles. The molecule has 8 heteroatoms. The average molecular weight is 348 g/mol. The van der Waals surface area contributed by atoms with Gasteiger partial charge in [0.2, 0.25) is 0 Å². The van der Waals surface area contributed by atoms with E-state index in [1.54, 1.807) is 17.0 Å². The highest BCUT2D eigenvalue weighted by Gasteiger charge is 2.22. The molecular formula is C17H18F2N4O2. The van der Waals surface area contributed by atoms with Crippen LogP contribution in [-0.2, 0) is 0 Å². The van der Waals surface area contributed by atoms with Crippen molar-refractivity contribution in [2.24, 2.45) is 0 Å². The van der Waals surface area contributed by atoms with Crippen LogP contribution >= 0.6 is 0 Å². The van der Waals surface area contributed by atoms with Gasteiger partial charge < -0.3 is 14.5 Å². The third-order valence-electron chi connectivity index (χ3n) is 4.09. The molecule has 0 bridgehead atoms. The second-order valence-electron chi connectivity index (χ2n) is 5.66. The summed E-state index contributed by atoms with van der Waals surface area (Å²) in [4.78, 5) is 24.2. The molecule has 25 heavy (non-hydrogen) atoms. The van der Waals surface area contributed by atoms with Gasteiger partial charge in [0, 0.05) is 44.1 Å². The van der Waals surface area contributed by atoms with Gasteiger partial charge in [0.05, 0.1) is 7.11 Å². The molecule has 1 fully saturated rings. The predicted molar refractivity (Wildman–Crippen MR) is 87.7 cm³/mol. The van der Waals surface area contributed by atoms with Crippen molar-refractivity contribution in [3.05, 3.63) is 47.8 Å². The van der Waals surface area contributed by atoms with E-state index >= 15 is 0 Å². The second-order valence-corrected chi connectivity index (χ2v) is 5.66. The number of carbonyl (C=O) groups excluding carboxylic acids is 1. The molecule has 1 aromatic carbocycles. The predicted octanol–water partition coefficient (Wildman–Crippen LogP) is 2.12. The molecule has 2 aromatic rings. The summed E-state index contributed by atoms with van der Waals surface area (Å²) in [5, 5.41) is 0. The zero-order valence-corrected chi connectivity index (χ0v) is 13.8. The van der Waals surface area contributed by atoms with E-state index in [0.717, 1.165) is 6.07 Å². The Labute approximate surface area is 144 Å². The van der Waals surface area contributed by atoms with E-state index in [0.29, 0.717) is 38.3 Å². The summed E-state index contributed by atoms with van der Waals surface area (Å²) in [5.41, 5.74) is 0.880. The zero-order chi connectivity index (χ0) is 17.8. The fourth-order valence-electron chi connectivity index (χ4n) is 2.78. The Morgan fingerprint density at radius 2 is 1.96 bits per heavy atom. The summed E-state index contributed by atoms with van der Waals surface area (Å²) >= 11 is 0. The van der Waals surface area contributed by atoms with Gasteiger partial charge in [-0.25, -0.2) is 13.8 Å². The number of ether oxygens (including phenoxy) is 1. The van der Waals surface area contributed by atoms with E-state index in [9.17, 15) is 13.6 Å². The quantitative estimate of drug-likeness (QED) is 0.850. The minimum atomic E-state index is -0.872. The monoisotopic (exact) mass is 348 g/mol. The molecule has 0 atom stereocenters. The zero-order valence-electron chi connectivity index (χ0n) is 13.8. The van der Waals surface area contributed by atoms with Crippen LogP contribution in [0.25, 0.3) is 0 Å². The van der Waals surface area contributed by atoms with Gasteiger partial charge in [-0.3, -0.25) is 4.79 Å². The standard InChI is InChI=1S/C17H18F2N4O2/c1-25-17-20-6-5-15(21-17)16(24)23-8-2-7-22(9-10-23)12-3-4-13(18)14(19)11-12/h3-6,11H,2,7-10H2,1H3. The number of hydrogen-bond donors (Lipinski definition) is 0. The van der Waals surface area contributed by atoms with Crippen LogP contribution in [0.1, 0.15) is 16.9 Å². The summed E-state index contributed by atoms with van der Waals surface area (Å²) in [6.45, 7) is 2.20. The van der Waals surface area contributed by atoms with E-state index in [-0.39, 0.29) is 17.6 Å². The molecule has 2 heterocycles. The Morgan fingerprint density at radius 3 is 2.72 bits per heavy atom. The van der Waals surface area contributed by atoms with E-state index in [2.05, 4.69) is 9.97 Å². The number of carbonyl (C=O) groups is 1. The number of amides is 1. The maximum atomic E-state index is 13.4. The highest BCUT2D eigenvalue weighted by molar-refractivity contribution is 5.92. The fourth-order valence-corrected chi connectivity index (χ4v) is 2.78. The number of aromatic nitrogens is 2. The van der Waals surface area contributed by atoms with Gasteiger partial charge in [0.1, 0.15) is 5.69 Å². The van der Waals surface area contributed by atoms with Crippen LogP contribution in [0.5, 0.6) is 6.01 Å². The van der Waals surface area contributed by atoms with Gasteiger partial charge in [0.25, 0.3) is 5.91 Å². The van der Waals surface area contributed by atoms with Crippen LogP contribution in [0.4, 0.5) is 14.5 Å². The molecule has 0 aliphatic carbocycles. The van der Waals surface area contributed by atoms with Crippen molar-refractivity contribution in [1.29, 1.82) is 0 Å². The smallest absolute Gasteiger partial charge is 0.316 e. The number of anilines is 1. The summed E-state index contributed by atoms with van der Waals surface area (Å²) in [6, 6.07) is 5.53. The number of benzene rings is 1. The number of nitrogens with zero attached hydrogens (tertiary/aromatic N) is 4. The number of halogens is 2. The lowest BCUT2D eigenvalue weighted by Crippen LogP contribution is -2.35. The lowest BCUT2D eigenvalue weighted by Gasteiger charge is -2.23. The lowest BCUT2D eigenvalue weighted by atomic mass is 10.2. The molecule has 1 aromatic heterocycles. The fraction of sp³-hybridized carbons (Fsp3) is 0.353. The van der Waals surface area contributed by atoms with Crippen LogP contribution in [0.3, 0.4) is 0 Å². The lowest BCUT2D eigenvalue weighted by molar-refractivity contribution is 0.0760. The third kappa shape index (κ3) is 3.84. The molecule has 0 unspecified atom stereocenters. The first kappa shape index (κ1) is 17.1. The van der Waals surface area contributed by atoms with E-state index in [1.165, 1.54) is 19.4 Å². The van der Waals surface area contributed by atoms with Crippen LogP contribution in [0.2, 0.25) is 0 Å². The molecular weight excluding hydrogens is 330 g/mol. The third-order valence-corrected chi connectivity index (χ3v) is 4.09. The molecule has 1 saturated heterocycles. The van der Waals surface area contributed by atoms with Crippen molar-refractivity contribution in [2.45, 2.75) is 6.42 Å². The maximum absolute atomic E-state index is 13.4. The first-order valence-electron chi connectivity index (χ1n) is 7.95. The second kappa shape index (κ2) is 7.42. The normalized spacial score (nSPS) is 15.0. The van der Waals surface area contributed by atoms with Crippen molar-refractivity contribution in [3.8, 4) is 6.01 Å². The molecule has 0 saturated carbocycles. The van der Waals surface area contributed by atoms with Gasteiger partial charge in [-0.1, -0.05) is 0 Å². The van der Waals surface area contributed by atoms with Crippen molar-refractivity contribution in [2.75, 3.05) is 38.2 Å². The summed E-state index contributed by atoms with van der Waals surface area (Å²) in [7, 11) is 1.44.